The van der Waals surface area contributed by atoms with Crippen molar-refractivity contribution in [3.05, 3.63) is 48.8 Å². The molecule has 1 unspecified atom stereocenters. The van der Waals surface area contributed by atoms with Crippen LogP contribution in [-0.4, -0.2) is 40.6 Å². The first-order valence-corrected chi connectivity index (χ1v) is 8.71. The number of fused-ring (bicyclic) bond motifs is 1. The van der Waals surface area contributed by atoms with Crippen molar-refractivity contribution in [3.63, 3.8) is 0 Å². The number of benzene rings is 1. The number of ether oxygens (including phenoxy) is 1. The van der Waals surface area contributed by atoms with E-state index in [1.54, 1.807) is 43.6 Å². The summed E-state index contributed by atoms with van der Waals surface area (Å²) in [5, 5.41) is 8.31. The van der Waals surface area contributed by atoms with Crippen LogP contribution in [0, 0.1) is 0 Å². The van der Waals surface area contributed by atoms with E-state index in [2.05, 4.69) is 20.9 Å². The minimum absolute atomic E-state index is 0.234. The molecule has 0 aliphatic heterocycles. The molecule has 4 amide bonds. The lowest BCUT2D eigenvalue weighted by Gasteiger charge is -2.12. The summed E-state index contributed by atoms with van der Waals surface area (Å²) in [6, 6.07) is 8.62. The van der Waals surface area contributed by atoms with E-state index in [9.17, 15) is 14.4 Å². The number of hydrogen-bond donors (Lipinski definition) is 4. The van der Waals surface area contributed by atoms with Gasteiger partial charge in [-0.15, -0.1) is 0 Å². The summed E-state index contributed by atoms with van der Waals surface area (Å²) in [7, 11) is 1.57. The molecule has 2 heterocycles. The van der Waals surface area contributed by atoms with Crippen LogP contribution in [0.3, 0.4) is 0 Å². The van der Waals surface area contributed by atoms with E-state index in [0.29, 0.717) is 11.5 Å². The van der Waals surface area contributed by atoms with Crippen molar-refractivity contribution < 1.29 is 19.1 Å². The minimum atomic E-state index is -0.816. The summed E-state index contributed by atoms with van der Waals surface area (Å²) in [5.41, 5.74) is 5.86. The first-order chi connectivity index (χ1) is 13.9. The molecular formula is C19H20N6O4. The average molecular weight is 396 g/mol. The first kappa shape index (κ1) is 19.7. The maximum absolute atomic E-state index is 11.9. The number of hydrogen-bond acceptors (Lipinski definition) is 5. The van der Waals surface area contributed by atoms with Gasteiger partial charge in [-0.3, -0.25) is 14.7 Å². The lowest BCUT2D eigenvalue weighted by atomic mass is 10.2. The van der Waals surface area contributed by atoms with E-state index in [1.807, 2.05) is 0 Å². The van der Waals surface area contributed by atoms with Crippen molar-refractivity contribution >= 4 is 34.7 Å². The summed E-state index contributed by atoms with van der Waals surface area (Å²) in [6.45, 7) is 1.47. The van der Waals surface area contributed by atoms with Gasteiger partial charge in [0.15, 0.2) is 0 Å². The van der Waals surface area contributed by atoms with Crippen molar-refractivity contribution in [3.8, 4) is 11.5 Å². The number of nitrogens with zero attached hydrogens (tertiary/aromatic N) is 2. The number of amides is 4. The lowest BCUT2D eigenvalue weighted by molar-refractivity contribution is -0.119. The predicted molar refractivity (Wildman–Crippen MR) is 107 cm³/mol. The topological polar surface area (TPSA) is 140 Å². The van der Waals surface area contributed by atoms with Crippen molar-refractivity contribution in [1.82, 2.24) is 20.2 Å². The molecule has 0 fully saturated rings. The Labute approximate surface area is 166 Å². The molecule has 0 radical (unpaired) electrons. The van der Waals surface area contributed by atoms with Gasteiger partial charge in [0.25, 0.3) is 0 Å². The van der Waals surface area contributed by atoms with Gasteiger partial charge < -0.3 is 21.1 Å². The van der Waals surface area contributed by atoms with Gasteiger partial charge in [0.05, 0.1) is 5.52 Å². The van der Waals surface area contributed by atoms with E-state index in [0.717, 1.165) is 10.9 Å². The summed E-state index contributed by atoms with van der Waals surface area (Å²) in [4.78, 5) is 38.8. The Kier molecular flexibility index (Phi) is 5.63. The molecule has 0 bridgehead atoms. The van der Waals surface area contributed by atoms with Crippen molar-refractivity contribution in [2.45, 2.75) is 13.0 Å². The molecule has 10 nitrogen and oxygen atoms in total. The van der Waals surface area contributed by atoms with Gasteiger partial charge in [-0.25, -0.2) is 14.6 Å². The van der Waals surface area contributed by atoms with Gasteiger partial charge in [0.1, 0.15) is 23.4 Å². The third kappa shape index (κ3) is 4.61. The second-order valence-corrected chi connectivity index (χ2v) is 6.16. The van der Waals surface area contributed by atoms with E-state index in [4.69, 9.17) is 10.5 Å². The number of urea groups is 1. The van der Waals surface area contributed by atoms with Crippen molar-refractivity contribution in [1.29, 1.82) is 0 Å². The molecule has 3 rings (SSSR count). The lowest BCUT2D eigenvalue weighted by Crippen LogP contribution is -2.44. The van der Waals surface area contributed by atoms with E-state index >= 15 is 0 Å². The third-order valence-corrected chi connectivity index (χ3v) is 4.08. The van der Waals surface area contributed by atoms with Crippen LogP contribution in [0.1, 0.15) is 6.92 Å². The molecule has 0 spiro atoms. The second-order valence-electron chi connectivity index (χ2n) is 6.16. The quantitative estimate of drug-likeness (QED) is 0.522. The highest BCUT2D eigenvalue weighted by molar-refractivity contribution is 5.93. The molecule has 150 valence electrons. The fourth-order valence-corrected chi connectivity index (χ4v) is 2.58. The Morgan fingerprint density at radius 1 is 1.14 bits per heavy atom. The Morgan fingerprint density at radius 3 is 2.62 bits per heavy atom. The molecule has 2 aromatic heterocycles. The zero-order valence-electron chi connectivity index (χ0n) is 15.8. The monoisotopic (exact) mass is 396 g/mol. The fourth-order valence-electron chi connectivity index (χ4n) is 2.58. The molecular weight excluding hydrogens is 376 g/mol. The van der Waals surface area contributed by atoms with Gasteiger partial charge in [0, 0.05) is 30.9 Å². The molecule has 0 aliphatic rings. The highest BCUT2D eigenvalue weighted by Crippen LogP contribution is 2.27. The molecule has 5 N–H and O–H groups in total. The third-order valence-electron chi connectivity index (χ3n) is 4.08. The Balaban J connectivity index is 1.72. The molecule has 3 aromatic rings. The van der Waals surface area contributed by atoms with Crippen molar-refractivity contribution in [2.24, 2.45) is 5.73 Å². The number of nitrogens with one attached hydrogen (secondary N) is 3. The van der Waals surface area contributed by atoms with E-state index in [-0.39, 0.29) is 11.8 Å². The zero-order valence-corrected chi connectivity index (χ0v) is 15.8. The highest BCUT2D eigenvalue weighted by Gasteiger charge is 2.13. The van der Waals surface area contributed by atoms with Gasteiger partial charge in [-0.1, -0.05) is 0 Å². The standard InChI is InChI=1S/C19H20N6O4/c1-11(17(20)26)23-18(27)24-16-10-14(5-7-22-16)29-13-3-4-15-12(9-13)6-8-25(15)19(28)21-2/h3-11H,1-2H3,(H2,20,26)(H,21,28)(H2,22,23,24,27). The van der Waals surface area contributed by atoms with Crippen LogP contribution in [-0.2, 0) is 4.79 Å². The first-order valence-electron chi connectivity index (χ1n) is 8.71. The van der Waals surface area contributed by atoms with Gasteiger partial charge in [0.2, 0.25) is 5.91 Å². The van der Waals surface area contributed by atoms with Crippen LogP contribution in [0.15, 0.2) is 48.8 Å². The molecule has 0 saturated heterocycles. The van der Waals surface area contributed by atoms with Crippen LogP contribution in [0.2, 0.25) is 0 Å². The number of primary amides is 1. The SMILES string of the molecule is CNC(=O)n1ccc2cc(Oc3ccnc(NC(=O)NC(C)C(N)=O)c3)ccc21. The van der Waals surface area contributed by atoms with Crippen LogP contribution >= 0.6 is 0 Å². The zero-order chi connectivity index (χ0) is 21.0. The molecule has 29 heavy (non-hydrogen) atoms. The summed E-state index contributed by atoms with van der Waals surface area (Å²) in [5.74, 6) is 0.591. The minimum Gasteiger partial charge on any atom is -0.457 e. The van der Waals surface area contributed by atoms with E-state index in [1.165, 1.54) is 23.8 Å². The van der Waals surface area contributed by atoms with E-state index < -0.39 is 18.0 Å². The fraction of sp³-hybridized carbons (Fsp3) is 0.158. The van der Waals surface area contributed by atoms with Crippen molar-refractivity contribution in [2.75, 3.05) is 12.4 Å². The summed E-state index contributed by atoms with van der Waals surface area (Å²) >= 11 is 0. The number of nitrogens with two attached hydrogens (primary N) is 1. The molecule has 0 saturated carbocycles. The van der Waals surface area contributed by atoms with Crippen LogP contribution in [0.5, 0.6) is 11.5 Å². The van der Waals surface area contributed by atoms with Gasteiger partial charge in [-0.05, 0) is 37.3 Å². The summed E-state index contributed by atoms with van der Waals surface area (Å²) < 4.78 is 7.33. The number of rotatable bonds is 5. The second kappa shape index (κ2) is 8.30. The molecule has 0 aliphatic carbocycles. The Bertz CT molecular complexity index is 1080. The smallest absolute Gasteiger partial charge is 0.325 e. The highest BCUT2D eigenvalue weighted by atomic mass is 16.5. The van der Waals surface area contributed by atoms with Crippen LogP contribution in [0.4, 0.5) is 15.4 Å². The largest absolute Gasteiger partial charge is 0.457 e. The maximum atomic E-state index is 11.9. The Morgan fingerprint density at radius 2 is 1.90 bits per heavy atom. The normalized spacial score (nSPS) is 11.5. The average Bonchev–Trinajstić information content (AvgIpc) is 3.10. The summed E-state index contributed by atoms with van der Waals surface area (Å²) in [6.07, 6.45) is 3.15. The maximum Gasteiger partial charge on any atom is 0.325 e. The molecule has 10 heteroatoms. The number of carbonyl (C=O) groups is 3. The van der Waals surface area contributed by atoms with Gasteiger partial charge >= 0.3 is 12.1 Å². The Hall–Kier alpha value is -4.08. The van der Waals surface area contributed by atoms with Crippen LogP contribution in [0.25, 0.3) is 10.9 Å². The number of carbonyl (C=O) groups excluding carboxylic acids is 3. The molecule has 1 atom stereocenters. The number of anilines is 1. The number of aromatic nitrogens is 2. The molecule has 1 aromatic carbocycles. The van der Waals surface area contributed by atoms with Crippen LogP contribution < -0.4 is 26.4 Å². The predicted octanol–water partition coefficient (Wildman–Crippen LogP) is 2.01. The van der Waals surface area contributed by atoms with Gasteiger partial charge in [-0.2, -0.15) is 0 Å². The number of pyridine rings is 1.